The van der Waals surface area contributed by atoms with E-state index in [1.807, 2.05) is 0 Å². The zero-order chi connectivity index (χ0) is 12.0. The average molecular weight is 232 g/mol. The van der Waals surface area contributed by atoms with E-state index in [1.165, 1.54) is 32.1 Å². The molecular formula is C15H24N2. The van der Waals surface area contributed by atoms with Crippen LogP contribution in [-0.4, -0.2) is 5.54 Å². The van der Waals surface area contributed by atoms with E-state index in [2.05, 4.69) is 13.0 Å². The first kappa shape index (κ1) is 11.5. The van der Waals surface area contributed by atoms with Crippen molar-refractivity contribution < 1.29 is 0 Å². The summed E-state index contributed by atoms with van der Waals surface area (Å²) in [5, 5.41) is 9.06. The average Bonchev–Trinajstić information content (AvgIpc) is 2.27. The predicted octanol–water partition coefficient (Wildman–Crippen LogP) is 3.08. The van der Waals surface area contributed by atoms with Crippen molar-refractivity contribution in [1.82, 2.24) is 0 Å². The quantitative estimate of drug-likeness (QED) is 0.813. The summed E-state index contributed by atoms with van der Waals surface area (Å²) in [6.45, 7) is 2.17. The maximum atomic E-state index is 9.06. The summed E-state index contributed by atoms with van der Waals surface area (Å²) in [5.41, 5.74) is 6.41. The van der Waals surface area contributed by atoms with E-state index in [4.69, 9.17) is 11.0 Å². The molecule has 2 N–H and O–H groups in total. The Morgan fingerprint density at radius 1 is 1.12 bits per heavy atom. The topological polar surface area (TPSA) is 49.8 Å². The monoisotopic (exact) mass is 232 g/mol. The van der Waals surface area contributed by atoms with Crippen molar-refractivity contribution >= 4 is 0 Å². The van der Waals surface area contributed by atoms with Gasteiger partial charge in [-0.15, -0.1) is 0 Å². The highest BCUT2D eigenvalue weighted by Crippen LogP contribution is 2.59. The van der Waals surface area contributed by atoms with Crippen molar-refractivity contribution in [3.05, 3.63) is 0 Å². The molecule has 17 heavy (non-hydrogen) atoms. The van der Waals surface area contributed by atoms with Crippen molar-refractivity contribution in [3.8, 4) is 6.07 Å². The predicted molar refractivity (Wildman–Crippen MR) is 68.0 cm³/mol. The van der Waals surface area contributed by atoms with Crippen LogP contribution in [0.5, 0.6) is 0 Å². The highest BCUT2D eigenvalue weighted by molar-refractivity contribution is 5.08. The van der Waals surface area contributed by atoms with E-state index in [1.54, 1.807) is 0 Å². The Bertz CT molecular complexity index is 315. The van der Waals surface area contributed by atoms with Crippen LogP contribution in [0, 0.1) is 40.9 Å². The fourth-order valence-electron chi connectivity index (χ4n) is 5.49. The maximum Gasteiger partial charge on any atom is 0.0641 e. The van der Waals surface area contributed by atoms with Crippen LogP contribution in [0.2, 0.25) is 0 Å². The highest BCUT2D eigenvalue weighted by Gasteiger charge is 2.53. The lowest BCUT2D eigenvalue weighted by Crippen LogP contribution is -2.58. The van der Waals surface area contributed by atoms with Crippen LogP contribution in [-0.2, 0) is 0 Å². The molecule has 0 aromatic rings. The van der Waals surface area contributed by atoms with E-state index in [0.717, 1.165) is 30.1 Å². The molecule has 4 rings (SSSR count). The van der Waals surface area contributed by atoms with Crippen LogP contribution in [0.3, 0.4) is 0 Å². The summed E-state index contributed by atoms with van der Waals surface area (Å²) in [6, 6.07) is 2.34. The SMILES string of the molecule is CCC(N)(CC#N)C1C2CC3CC(C2)CC1C3. The molecule has 0 aromatic carbocycles. The van der Waals surface area contributed by atoms with Crippen molar-refractivity contribution in [1.29, 1.82) is 5.26 Å². The molecule has 0 amide bonds. The van der Waals surface area contributed by atoms with Crippen LogP contribution in [0.1, 0.15) is 51.9 Å². The van der Waals surface area contributed by atoms with Gasteiger partial charge in [-0.3, -0.25) is 0 Å². The van der Waals surface area contributed by atoms with E-state index < -0.39 is 0 Å². The van der Waals surface area contributed by atoms with Crippen LogP contribution in [0.25, 0.3) is 0 Å². The first-order valence-corrected chi connectivity index (χ1v) is 7.32. The Hall–Kier alpha value is -0.550. The van der Waals surface area contributed by atoms with Gasteiger partial charge in [0.25, 0.3) is 0 Å². The van der Waals surface area contributed by atoms with Gasteiger partial charge in [0.15, 0.2) is 0 Å². The van der Waals surface area contributed by atoms with Gasteiger partial charge in [0.2, 0.25) is 0 Å². The molecule has 1 atom stereocenters. The Morgan fingerprint density at radius 2 is 1.65 bits per heavy atom. The van der Waals surface area contributed by atoms with Crippen molar-refractivity contribution in [2.75, 3.05) is 0 Å². The van der Waals surface area contributed by atoms with Gasteiger partial charge in [-0.05, 0) is 68.1 Å². The molecule has 94 valence electrons. The second-order valence-corrected chi connectivity index (χ2v) is 6.88. The molecule has 1 unspecified atom stereocenters. The lowest BCUT2D eigenvalue weighted by molar-refractivity contribution is -0.0698. The molecule has 4 fully saturated rings. The molecule has 4 aliphatic rings. The Balaban J connectivity index is 1.86. The van der Waals surface area contributed by atoms with Gasteiger partial charge >= 0.3 is 0 Å². The van der Waals surface area contributed by atoms with Crippen molar-refractivity contribution in [2.45, 2.75) is 57.4 Å². The number of nitrogens with two attached hydrogens (primary N) is 1. The lowest BCUT2D eigenvalue weighted by Gasteiger charge is -2.58. The summed E-state index contributed by atoms with van der Waals surface area (Å²) < 4.78 is 0. The van der Waals surface area contributed by atoms with Gasteiger partial charge in [-0.2, -0.15) is 5.26 Å². The minimum atomic E-state index is -0.197. The fraction of sp³-hybridized carbons (Fsp3) is 0.933. The molecule has 0 heterocycles. The normalized spacial score (nSPS) is 46.5. The van der Waals surface area contributed by atoms with E-state index in [0.29, 0.717) is 12.3 Å². The van der Waals surface area contributed by atoms with Gasteiger partial charge in [0.05, 0.1) is 12.5 Å². The zero-order valence-corrected chi connectivity index (χ0v) is 10.9. The lowest BCUT2D eigenvalue weighted by atomic mass is 9.48. The summed E-state index contributed by atoms with van der Waals surface area (Å²) >= 11 is 0. The molecule has 2 nitrogen and oxygen atoms in total. The van der Waals surface area contributed by atoms with Crippen molar-refractivity contribution in [2.24, 2.45) is 35.3 Å². The van der Waals surface area contributed by atoms with E-state index in [-0.39, 0.29) is 5.54 Å². The second-order valence-electron chi connectivity index (χ2n) is 6.88. The molecule has 0 aromatic heterocycles. The molecule has 0 aliphatic heterocycles. The summed E-state index contributed by atoms with van der Waals surface area (Å²) in [5.74, 6) is 4.31. The summed E-state index contributed by atoms with van der Waals surface area (Å²) in [4.78, 5) is 0. The summed E-state index contributed by atoms with van der Waals surface area (Å²) in [7, 11) is 0. The summed E-state index contributed by atoms with van der Waals surface area (Å²) in [6.07, 6.45) is 8.62. The zero-order valence-electron chi connectivity index (χ0n) is 10.9. The molecule has 0 spiro atoms. The minimum Gasteiger partial charge on any atom is -0.324 e. The molecule has 0 radical (unpaired) electrons. The van der Waals surface area contributed by atoms with Crippen LogP contribution >= 0.6 is 0 Å². The standard InChI is InChI=1S/C15H24N2/c1-2-15(17,3-4-16)14-12-6-10-5-11(8-12)9-13(14)7-10/h10-14H,2-3,5-9,17H2,1H3. The smallest absolute Gasteiger partial charge is 0.0641 e. The second kappa shape index (κ2) is 3.99. The van der Waals surface area contributed by atoms with Crippen molar-refractivity contribution in [3.63, 3.8) is 0 Å². The number of hydrogen-bond donors (Lipinski definition) is 1. The molecule has 0 saturated heterocycles. The Labute approximate surface area is 105 Å². The van der Waals surface area contributed by atoms with Gasteiger partial charge < -0.3 is 5.73 Å². The molecule has 4 saturated carbocycles. The molecular weight excluding hydrogens is 208 g/mol. The maximum absolute atomic E-state index is 9.06. The van der Waals surface area contributed by atoms with Gasteiger partial charge in [-0.1, -0.05) is 6.92 Å². The number of hydrogen-bond acceptors (Lipinski definition) is 2. The van der Waals surface area contributed by atoms with Crippen LogP contribution in [0.15, 0.2) is 0 Å². The highest BCUT2D eigenvalue weighted by atomic mass is 14.8. The number of nitriles is 1. The first-order chi connectivity index (χ1) is 8.16. The molecule has 4 bridgehead atoms. The molecule has 4 aliphatic carbocycles. The number of nitrogens with zero attached hydrogens (tertiary/aromatic N) is 1. The van der Waals surface area contributed by atoms with Crippen LogP contribution in [0.4, 0.5) is 0 Å². The third kappa shape index (κ3) is 1.71. The number of rotatable bonds is 3. The van der Waals surface area contributed by atoms with Crippen LogP contribution < -0.4 is 5.73 Å². The third-order valence-electron chi connectivity index (χ3n) is 5.96. The van der Waals surface area contributed by atoms with E-state index in [9.17, 15) is 0 Å². The fourth-order valence-corrected chi connectivity index (χ4v) is 5.49. The Kier molecular flexibility index (Phi) is 2.70. The molecule has 2 heteroatoms. The Morgan fingerprint density at radius 3 is 2.06 bits per heavy atom. The third-order valence-corrected chi connectivity index (χ3v) is 5.96. The van der Waals surface area contributed by atoms with Gasteiger partial charge in [0.1, 0.15) is 0 Å². The largest absolute Gasteiger partial charge is 0.324 e. The minimum absolute atomic E-state index is 0.197. The van der Waals surface area contributed by atoms with Gasteiger partial charge in [-0.25, -0.2) is 0 Å². The first-order valence-electron chi connectivity index (χ1n) is 7.32. The van der Waals surface area contributed by atoms with Gasteiger partial charge in [0, 0.05) is 5.54 Å². The van der Waals surface area contributed by atoms with E-state index >= 15 is 0 Å².